The highest BCUT2D eigenvalue weighted by atomic mass is 19.4. The van der Waals surface area contributed by atoms with Gasteiger partial charge in [0, 0.05) is 16.6 Å². The Labute approximate surface area is 226 Å². The second-order valence-electron chi connectivity index (χ2n) is 9.72. The van der Waals surface area contributed by atoms with E-state index in [2.05, 4.69) is 10.2 Å². The number of rotatable bonds is 5. The molecule has 1 aromatic heterocycles. The molecule has 204 valence electrons. The fourth-order valence-corrected chi connectivity index (χ4v) is 4.95. The van der Waals surface area contributed by atoms with Gasteiger partial charge >= 0.3 is 12.1 Å². The number of carboxylic acids is 1. The zero-order chi connectivity index (χ0) is 28.8. The van der Waals surface area contributed by atoms with Crippen molar-refractivity contribution in [3.8, 4) is 22.8 Å². The molecule has 10 heteroatoms. The van der Waals surface area contributed by atoms with Crippen molar-refractivity contribution in [1.82, 2.24) is 4.57 Å². The number of aromatic nitrogens is 1. The van der Waals surface area contributed by atoms with E-state index in [0.29, 0.717) is 23.2 Å². The van der Waals surface area contributed by atoms with Crippen LogP contribution in [0.1, 0.15) is 36.2 Å². The third kappa shape index (κ3) is 4.95. The van der Waals surface area contributed by atoms with Crippen molar-refractivity contribution in [3.05, 3.63) is 89.5 Å². The van der Waals surface area contributed by atoms with Crippen molar-refractivity contribution in [2.75, 3.05) is 0 Å². The number of hydrogen-bond donors (Lipinski definition) is 3. The molecule has 0 aliphatic heterocycles. The molecule has 5 rings (SSSR count). The van der Waals surface area contributed by atoms with E-state index in [1.54, 1.807) is 30.3 Å². The summed E-state index contributed by atoms with van der Waals surface area (Å²) in [5.41, 5.74) is 1.54. The number of fused-ring (bicyclic) bond motifs is 1. The summed E-state index contributed by atoms with van der Waals surface area (Å²) in [5.74, 6) is -1.67. The first-order valence-electron chi connectivity index (χ1n) is 12.4. The Kier molecular flexibility index (Phi) is 6.70. The molecule has 1 aliphatic rings. The van der Waals surface area contributed by atoms with Crippen LogP contribution in [0.5, 0.6) is 11.6 Å². The fourth-order valence-electron chi connectivity index (χ4n) is 4.95. The predicted octanol–water partition coefficient (Wildman–Crippen LogP) is 8.68. The summed E-state index contributed by atoms with van der Waals surface area (Å²) in [4.78, 5) is 11.4. The normalized spacial score (nSPS) is 15.9. The molecule has 1 heterocycles. The number of phenols is 1. The summed E-state index contributed by atoms with van der Waals surface area (Å²) in [6, 6.07) is 13.8. The van der Waals surface area contributed by atoms with Crippen LogP contribution in [0, 0.1) is 5.92 Å². The first-order chi connectivity index (χ1) is 18.9. The minimum Gasteiger partial charge on any atom is -0.505 e. The maximum absolute atomic E-state index is 13.6. The molecule has 40 heavy (non-hydrogen) atoms. The molecule has 3 aromatic carbocycles. The summed E-state index contributed by atoms with van der Waals surface area (Å²) in [6.07, 6.45) is -0.259. The van der Waals surface area contributed by atoms with Gasteiger partial charge in [-0.05, 0) is 67.3 Å². The first kappa shape index (κ1) is 26.7. The number of allylic oxidation sites excluding steroid dienone is 4. The second kappa shape index (κ2) is 10.0. The van der Waals surface area contributed by atoms with E-state index < -0.39 is 17.7 Å². The number of carboxylic acid groups (broad SMARTS) is 1. The Balaban J connectivity index is 1.64. The molecular formula is C30H24F3N3O4. The van der Waals surface area contributed by atoms with Gasteiger partial charge in [-0.3, -0.25) is 4.57 Å². The van der Waals surface area contributed by atoms with Gasteiger partial charge in [0.15, 0.2) is 11.4 Å². The highest BCUT2D eigenvalue weighted by molar-refractivity contribution is 5.98. The van der Waals surface area contributed by atoms with Gasteiger partial charge < -0.3 is 15.3 Å². The molecule has 0 fully saturated rings. The topological polar surface area (TPSA) is 107 Å². The van der Waals surface area contributed by atoms with Crippen LogP contribution in [-0.2, 0) is 6.18 Å². The van der Waals surface area contributed by atoms with Crippen LogP contribution in [-0.4, -0.2) is 25.9 Å². The number of carbonyl (C=O) groups is 1. The molecule has 1 unspecified atom stereocenters. The van der Waals surface area contributed by atoms with Crippen molar-refractivity contribution in [3.63, 3.8) is 0 Å². The van der Waals surface area contributed by atoms with Crippen LogP contribution in [0.15, 0.2) is 88.6 Å². The van der Waals surface area contributed by atoms with Crippen molar-refractivity contribution in [1.29, 1.82) is 0 Å². The highest BCUT2D eigenvalue weighted by Crippen LogP contribution is 2.46. The Hall–Kier alpha value is -4.86. The van der Waals surface area contributed by atoms with Crippen LogP contribution in [0.2, 0.25) is 0 Å². The van der Waals surface area contributed by atoms with Crippen LogP contribution in [0.25, 0.3) is 27.7 Å². The van der Waals surface area contributed by atoms with Crippen molar-refractivity contribution < 1.29 is 33.3 Å². The number of phenolic OH excluding ortho intramolecular Hbond substituents is 1. The van der Waals surface area contributed by atoms with Crippen molar-refractivity contribution in [2.45, 2.75) is 26.4 Å². The van der Waals surface area contributed by atoms with E-state index in [4.69, 9.17) is 0 Å². The number of alkyl halides is 3. The zero-order valence-electron chi connectivity index (χ0n) is 21.4. The van der Waals surface area contributed by atoms with Crippen LogP contribution >= 0.6 is 0 Å². The van der Waals surface area contributed by atoms with E-state index in [9.17, 15) is 33.3 Å². The standard InChI is InChI=1S/C30H24F3N3O4/c1-16-11-17(2)13-21(12-16)36-25-15-20(30(31,32)33)9-10-23(25)26(28(36)38)35-34-24-8-4-7-22(27(24)37)18-5-3-6-19(14-18)29(39)40/h3-12,14-15,17,37-38H,13H2,1-2H3,(H,39,40). The molecule has 0 amide bonds. The van der Waals surface area contributed by atoms with Crippen LogP contribution in [0.3, 0.4) is 0 Å². The molecular weight excluding hydrogens is 523 g/mol. The molecule has 1 aliphatic carbocycles. The highest BCUT2D eigenvalue weighted by Gasteiger charge is 2.32. The molecule has 4 aromatic rings. The summed E-state index contributed by atoms with van der Waals surface area (Å²) in [6.45, 7) is 3.85. The summed E-state index contributed by atoms with van der Waals surface area (Å²) >= 11 is 0. The Bertz CT molecular complexity index is 1750. The zero-order valence-corrected chi connectivity index (χ0v) is 21.4. The number of aromatic hydroxyl groups is 2. The lowest BCUT2D eigenvalue weighted by molar-refractivity contribution is -0.137. The maximum atomic E-state index is 13.6. The summed E-state index contributed by atoms with van der Waals surface area (Å²) < 4.78 is 42.1. The average molecular weight is 548 g/mol. The van der Waals surface area contributed by atoms with Crippen LogP contribution in [0.4, 0.5) is 24.5 Å². The first-order valence-corrected chi connectivity index (χ1v) is 12.4. The van der Waals surface area contributed by atoms with E-state index in [1.165, 1.54) is 28.8 Å². The molecule has 0 bridgehead atoms. The minimum atomic E-state index is -4.59. The van der Waals surface area contributed by atoms with Crippen LogP contribution < -0.4 is 0 Å². The van der Waals surface area contributed by atoms with E-state index in [1.807, 2.05) is 19.9 Å². The quantitative estimate of drug-likeness (QED) is 0.217. The summed E-state index contributed by atoms with van der Waals surface area (Å²) in [7, 11) is 0. The maximum Gasteiger partial charge on any atom is 0.416 e. The Morgan fingerprint density at radius 1 is 1.02 bits per heavy atom. The molecule has 0 radical (unpaired) electrons. The van der Waals surface area contributed by atoms with Gasteiger partial charge in [-0.25, -0.2) is 4.79 Å². The number of benzene rings is 3. The lowest BCUT2D eigenvalue weighted by Crippen LogP contribution is -2.07. The lowest BCUT2D eigenvalue weighted by Gasteiger charge is -2.20. The fraction of sp³-hybridized carbons (Fsp3) is 0.167. The Morgan fingerprint density at radius 3 is 2.48 bits per heavy atom. The molecule has 7 nitrogen and oxygen atoms in total. The third-order valence-corrected chi connectivity index (χ3v) is 6.70. The van der Waals surface area contributed by atoms with Gasteiger partial charge in [0.2, 0.25) is 5.88 Å². The van der Waals surface area contributed by atoms with Gasteiger partial charge in [-0.15, -0.1) is 10.2 Å². The predicted molar refractivity (Wildman–Crippen MR) is 145 cm³/mol. The van der Waals surface area contributed by atoms with E-state index in [-0.39, 0.29) is 45.4 Å². The third-order valence-electron chi connectivity index (χ3n) is 6.70. The number of nitrogens with zero attached hydrogens (tertiary/aromatic N) is 3. The number of para-hydroxylation sites is 1. The van der Waals surface area contributed by atoms with Gasteiger partial charge in [-0.1, -0.05) is 42.8 Å². The van der Waals surface area contributed by atoms with Gasteiger partial charge in [0.25, 0.3) is 0 Å². The van der Waals surface area contributed by atoms with Gasteiger partial charge in [0.05, 0.1) is 16.6 Å². The SMILES string of the molecule is CC1=CC(C)CC(n2c(O)c(N=Nc3cccc(-c4cccc(C(=O)O)c4)c3O)c3ccc(C(F)(F)F)cc32)=C1. The number of aromatic carboxylic acids is 1. The van der Waals surface area contributed by atoms with Gasteiger partial charge in [-0.2, -0.15) is 13.2 Å². The Morgan fingerprint density at radius 2 is 1.77 bits per heavy atom. The van der Waals surface area contributed by atoms with Crippen molar-refractivity contribution >= 4 is 33.9 Å². The van der Waals surface area contributed by atoms with Crippen molar-refractivity contribution in [2.24, 2.45) is 16.1 Å². The smallest absolute Gasteiger partial charge is 0.416 e. The van der Waals surface area contributed by atoms with E-state index in [0.717, 1.165) is 17.7 Å². The number of hydrogen-bond acceptors (Lipinski definition) is 5. The number of azo groups is 1. The monoisotopic (exact) mass is 547 g/mol. The largest absolute Gasteiger partial charge is 0.505 e. The second-order valence-corrected chi connectivity index (χ2v) is 9.72. The molecule has 0 saturated carbocycles. The lowest BCUT2D eigenvalue weighted by atomic mass is 9.96. The molecule has 1 atom stereocenters. The van der Waals surface area contributed by atoms with Gasteiger partial charge in [0.1, 0.15) is 5.69 Å². The molecule has 3 N–H and O–H groups in total. The molecule has 0 spiro atoms. The summed E-state index contributed by atoms with van der Waals surface area (Å²) in [5, 5.41) is 40.0. The average Bonchev–Trinajstić information content (AvgIpc) is 3.17. The van der Waals surface area contributed by atoms with E-state index >= 15 is 0 Å². The number of halogens is 3. The molecule has 0 saturated heterocycles. The minimum absolute atomic E-state index is 0.0229.